The molecule has 0 aromatic carbocycles. The Morgan fingerprint density at radius 3 is 2.67 bits per heavy atom. The first-order valence-electron chi connectivity index (χ1n) is 5.80. The Hall–Kier alpha value is -1.85. The largest absolute Gasteiger partial charge is 0.481 e. The average Bonchev–Trinajstić information content (AvgIpc) is 2.63. The minimum absolute atomic E-state index is 0.0201. The van der Waals surface area contributed by atoms with Gasteiger partial charge in [0.2, 0.25) is 5.91 Å². The second kappa shape index (κ2) is 5.66. The molecule has 1 amide bonds. The van der Waals surface area contributed by atoms with Crippen LogP contribution in [0.1, 0.15) is 26.0 Å². The predicted octanol–water partition coefficient (Wildman–Crippen LogP) is 0.580. The van der Waals surface area contributed by atoms with Gasteiger partial charge in [0.15, 0.2) is 0 Å². The average molecular weight is 253 g/mol. The summed E-state index contributed by atoms with van der Waals surface area (Å²) in [6.45, 7) is 3.56. The molecule has 1 aromatic heterocycles. The lowest BCUT2D eigenvalue weighted by molar-refractivity contribution is -0.149. The number of hydrogen-bond acceptors (Lipinski definition) is 3. The summed E-state index contributed by atoms with van der Waals surface area (Å²) in [5.41, 5.74) is -0.0100. The van der Waals surface area contributed by atoms with E-state index in [4.69, 9.17) is 5.11 Å². The highest BCUT2D eigenvalue weighted by molar-refractivity contribution is 5.84. The van der Waals surface area contributed by atoms with E-state index in [1.165, 1.54) is 13.8 Å². The van der Waals surface area contributed by atoms with E-state index in [9.17, 15) is 9.59 Å². The quantitative estimate of drug-likeness (QED) is 0.776. The summed E-state index contributed by atoms with van der Waals surface area (Å²) < 4.78 is 1.74. The van der Waals surface area contributed by atoms with Gasteiger partial charge in [-0.3, -0.25) is 14.3 Å². The third-order valence-corrected chi connectivity index (χ3v) is 2.81. The van der Waals surface area contributed by atoms with Crippen LogP contribution < -0.4 is 5.32 Å². The van der Waals surface area contributed by atoms with E-state index in [1.54, 1.807) is 10.9 Å². The van der Waals surface area contributed by atoms with Crippen LogP contribution in [0.4, 0.5) is 0 Å². The third-order valence-electron chi connectivity index (χ3n) is 2.81. The van der Waals surface area contributed by atoms with Crippen LogP contribution in [-0.2, 0) is 23.1 Å². The van der Waals surface area contributed by atoms with Crippen molar-refractivity contribution in [2.75, 3.05) is 6.54 Å². The van der Waals surface area contributed by atoms with Gasteiger partial charge in [0, 0.05) is 38.3 Å². The topological polar surface area (TPSA) is 84.2 Å². The fourth-order valence-electron chi connectivity index (χ4n) is 1.52. The number of carbonyl (C=O) groups excluding carboxylic acids is 1. The summed E-state index contributed by atoms with van der Waals surface area (Å²) in [6.07, 6.45) is 2.36. The van der Waals surface area contributed by atoms with Gasteiger partial charge >= 0.3 is 5.97 Å². The standard InChI is InChI=1S/C12H19N3O3/c1-12(2,11(17)18)8-10(16)13-6-4-9-5-7-14-15(9)3/h5,7H,4,6,8H2,1-3H3,(H,13,16)(H,17,18). The Kier molecular flexibility index (Phi) is 4.47. The molecule has 0 radical (unpaired) electrons. The second-order valence-electron chi connectivity index (χ2n) is 4.91. The smallest absolute Gasteiger partial charge is 0.309 e. The SMILES string of the molecule is Cn1nccc1CCNC(=O)CC(C)(C)C(=O)O. The zero-order valence-corrected chi connectivity index (χ0v) is 10.9. The van der Waals surface area contributed by atoms with Crippen LogP contribution in [-0.4, -0.2) is 33.3 Å². The van der Waals surface area contributed by atoms with Gasteiger partial charge in [0.25, 0.3) is 0 Å². The zero-order chi connectivity index (χ0) is 13.8. The maximum absolute atomic E-state index is 11.6. The van der Waals surface area contributed by atoms with Gasteiger partial charge in [-0.2, -0.15) is 5.10 Å². The molecule has 0 atom stereocenters. The van der Waals surface area contributed by atoms with E-state index < -0.39 is 11.4 Å². The van der Waals surface area contributed by atoms with E-state index in [1.807, 2.05) is 13.1 Å². The van der Waals surface area contributed by atoms with Crippen LogP contribution >= 0.6 is 0 Å². The predicted molar refractivity (Wildman–Crippen MR) is 66.0 cm³/mol. The number of nitrogens with one attached hydrogen (secondary N) is 1. The molecule has 100 valence electrons. The summed E-state index contributed by atoms with van der Waals surface area (Å²) in [5, 5.41) is 15.6. The number of rotatable bonds is 6. The summed E-state index contributed by atoms with van der Waals surface area (Å²) in [5.74, 6) is -1.21. The van der Waals surface area contributed by atoms with E-state index in [-0.39, 0.29) is 12.3 Å². The van der Waals surface area contributed by atoms with Crippen LogP contribution in [0.3, 0.4) is 0 Å². The van der Waals surface area contributed by atoms with Crippen molar-refractivity contribution in [2.45, 2.75) is 26.7 Å². The van der Waals surface area contributed by atoms with Crippen molar-refractivity contribution in [3.8, 4) is 0 Å². The first kappa shape index (κ1) is 14.2. The molecular weight excluding hydrogens is 234 g/mol. The molecular formula is C12H19N3O3. The number of carbonyl (C=O) groups is 2. The molecule has 6 nitrogen and oxygen atoms in total. The molecule has 0 bridgehead atoms. The van der Waals surface area contributed by atoms with Gasteiger partial charge in [0.1, 0.15) is 0 Å². The molecule has 0 aliphatic heterocycles. The number of nitrogens with zero attached hydrogens (tertiary/aromatic N) is 2. The number of amides is 1. The van der Waals surface area contributed by atoms with Crippen LogP contribution in [0.25, 0.3) is 0 Å². The van der Waals surface area contributed by atoms with Gasteiger partial charge in [-0.05, 0) is 19.9 Å². The van der Waals surface area contributed by atoms with Gasteiger partial charge in [0.05, 0.1) is 5.41 Å². The lowest BCUT2D eigenvalue weighted by Gasteiger charge is -2.18. The lowest BCUT2D eigenvalue weighted by Crippen LogP contribution is -2.34. The third kappa shape index (κ3) is 3.87. The Labute approximate surface area is 106 Å². The van der Waals surface area contributed by atoms with E-state index in [0.717, 1.165) is 5.69 Å². The highest BCUT2D eigenvalue weighted by Gasteiger charge is 2.29. The monoisotopic (exact) mass is 253 g/mol. The summed E-state index contributed by atoms with van der Waals surface area (Å²) in [7, 11) is 1.84. The van der Waals surface area contributed by atoms with Gasteiger partial charge in [-0.1, -0.05) is 0 Å². The molecule has 18 heavy (non-hydrogen) atoms. The molecule has 6 heteroatoms. The maximum atomic E-state index is 11.6. The maximum Gasteiger partial charge on any atom is 0.309 e. The molecule has 0 aliphatic rings. The van der Waals surface area contributed by atoms with Crippen molar-refractivity contribution in [3.05, 3.63) is 18.0 Å². The molecule has 0 aliphatic carbocycles. The van der Waals surface area contributed by atoms with Crippen molar-refractivity contribution in [3.63, 3.8) is 0 Å². The van der Waals surface area contributed by atoms with Crippen molar-refractivity contribution in [2.24, 2.45) is 12.5 Å². The number of aryl methyl sites for hydroxylation is 1. The number of aromatic nitrogens is 2. The van der Waals surface area contributed by atoms with Gasteiger partial charge in [-0.15, -0.1) is 0 Å². The molecule has 1 aromatic rings. The van der Waals surface area contributed by atoms with Crippen LogP contribution in [0.2, 0.25) is 0 Å². The summed E-state index contributed by atoms with van der Waals surface area (Å²) in [4.78, 5) is 22.4. The summed E-state index contributed by atoms with van der Waals surface area (Å²) >= 11 is 0. The molecule has 2 N–H and O–H groups in total. The first-order valence-corrected chi connectivity index (χ1v) is 5.80. The summed E-state index contributed by atoms with van der Waals surface area (Å²) in [6, 6.07) is 1.88. The Bertz CT molecular complexity index is 438. The zero-order valence-electron chi connectivity index (χ0n) is 10.9. The van der Waals surface area contributed by atoms with Crippen LogP contribution in [0.5, 0.6) is 0 Å². The fraction of sp³-hybridized carbons (Fsp3) is 0.583. The van der Waals surface area contributed by atoms with E-state index >= 15 is 0 Å². The molecule has 1 heterocycles. The molecule has 0 fully saturated rings. The molecule has 1 rings (SSSR count). The number of aliphatic carboxylic acids is 1. The molecule has 0 unspecified atom stereocenters. The van der Waals surface area contributed by atoms with Crippen molar-refractivity contribution in [1.82, 2.24) is 15.1 Å². The van der Waals surface area contributed by atoms with Gasteiger partial charge in [-0.25, -0.2) is 0 Å². The number of hydrogen-bond donors (Lipinski definition) is 2. The van der Waals surface area contributed by atoms with Gasteiger partial charge < -0.3 is 10.4 Å². The number of carboxylic acid groups (broad SMARTS) is 1. The molecule has 0 saturated heterocycles. The minimum Gasteiger partial charge on any atom is -0.481 e. The lowest BCUT2D eigenvalue weighted by atomic mass is 9.89. The van der Waals surface area contributed by atoms with Crippen LogP contribution in [0, 0.1) is 5.41 Å². The number of carboxylic acids is 1. The highest BCUT2D eigenvalue weighted by atomic mass is 16.4. The van der Waals surface area contributed by atoms with Crippen molar-refractivity contribution < 1.29 is 14.7 Å². The Morgan fingerprint density at radius 2 is 2.17 bits per heavy atom. The normalized spacial score (nSPS) is 11.3. The Morgan fingerprint density at radius 1 is 1.50 bits per heavy atom. The second-order valence-corrected chi connectivity index (χ2v) is 4.91. The highest BCUT2D eigenvalue weighted by Crippen LogP contribution is 2.19. The van der Waals surface area contributed by atoms with E-state index in [2.05, 4.69) is 10.4 Å². The van der Waals surface area contributed by atoms with Crippen LogP contribution in [0.15, 0.2) is 12.3 Å². The molecule has 0 spiro atoms. The first-order chi connectivity index (χ1) is 8.33. The Balaban J connectivity index is 2.34. The fourth-order valence-corrected chi connectivity index (χ4v) is 1.52. The van der Waals surface area contributed by atoms with E-state index in [0.29, 0.717) is 13.0 Å². The minimum atomic E-state index is -1.03. The molecule has 0 saturated carbocycles. The van der Waals surface area contributed by atoms with Crippen molar-refractivity contribution >= 4 is 11.9 Å². The van der Waals surface area contributed by atoms with Crippen molar-refractivity contribution in [1.29, 1.82) is 0 Å².